The number of nitriles is 1. The first-order chi connectivity index (χ1) is 10.2. The van der Waals surface area contributed by atoms with Crippen molar-refractivity contribution in [1.82, 2.24) is 0 Å². The van der Waals surface area contributed by atoms with Crippen LogP contribution in [0.2, 0.25) is 0 Å². The zero-order valence-corrected chi connectivity index (χ0v) is 11.1. The highest BCUT2D eigenvalue weighted by atomic mass is 19.4. The molecule has 7 nitrogen and oxygen atoms in total. The highest BCUT2D eigenvalue weighted by Gasteiger charge is 2.33. The molecule has 0 unspecified atom stereocenters. The lowest BCUT2D eigenvalue weighted by atomic mass is 10.1. The second kappa shape index (κ2) is 6.75. The molecule has 0 radical (unpaired) electrons. The first-order valence-electron chi connectivity index (χ1n) is 5.80. The normalized spacial score (nSPS) is 10.7. The van der Waals surface area contributed by atoms with E-state index in [0.29, 0.717) is 12.1 Å². The molecule has 1 rings (SSSR count). The van der Waals surface area contributed by atoms with E-state index in [2.05, 4.69) is 9.47 Å². The molecule has 0 N–H and O–H groups in total. The SMILES string of the molecule is CCOC(=O)Cc1cc([N+](=O)[O-])c(C#N)cc1OC(F)(F)F. The van der Waals surface area contributed by atoms with Gasteiger partial charge in [0.25, 0.3) is 5.69 Å². The van der Waals surface area contributed by atoms with Crippen molar-refractivity contribution in [2.45, 2.75) is 19.7 Å². The van der Waals surface area contributed by atoms with Crippen LogP contribution in [0.25, 0.3) is 0 Å². The minimum atomic E-state index is -5.08. The van der Waals surface area contributed by atoms with Gasteiger partial charge in [-0.3, -0.25) is 14.9 Å². The summed E-state index contributed by atoms with van der Waals surface area (Å²) in [6, 6.07) is 2.66. The molecular weight excluding hydrogens is 309 g/mol. The number of esters is 1. The fourth-order valence-electron chi connectivity index (χ4n) is 1.58. The van der Waals surface area contributed by atoms with Crippen molar-refractivity contribution in [2.75, 3.05) is 6.61 Å². The van der Waals surface area contributed by atoms with Crippen LogP contribution in [0.3, 0.4) is 0 Å². The Labute approximate surface area is 122 Å². The Morgan fingerprint density at radius 2 is 2.09 bits per heavy atom. The van der Waals surface area contributed by atoms with Crippen molar-refractivity contribution in [1.29, 1.82) is 5.26 Å². The third kappa shape index (κ3) is 4.62. The standard InChI is InChI=1S/C12H9F3N2O5/c1-2-21-11(18)5-7-3-9(17(19)20)8(6-16)4-10(7)22-12(13,14)15/h3-4H,2,5H2,1H3. The van der Waals surface area contributed by atoms with Gasteiger partial charge in [-0.25, -0.2) is 0 Å². The Kier molecular flexibility index (Phi) is 5.28. The molecule has 1 aromatic carbocycles. The Morgan fingerprint density at radius 3 is 2.55 bits per heavy atom. The molecule has 0 aliphatic carbocycles. The van der Waals surface area contributed by atoms with Crippen LogP contribution in [0.5, 0.6) is 5.75 Å². The van der Waals surface area contributed by atoms with Crippen molar-refractivity contribution in [3.63, 3.8) is 0 Å². The number of carbonyl (C=O) groups excluding carboxylic acids is 1. The maximum atomic E-state index is 12.3. The van der Waals surface area contributed by atoms with Crippen molar-refractivity contribution in [3.8, 4) is 11.8 Å². The largest absolute Gasteiger partial charge is 0.573 e. The molecule has 118 valence electrons. The maximum Gasteiger partial charge on any atom is 0.573 e. The number of alkyl halides is 3. The number of rotatable bonds is 5. The maximum absolute atomic E-state index is 12.3. The van der Waals surface area contributed by atoms with Gasteiger partial charge in [-0.1, -0.05) is 0 Å². The Balaban J connectivity index is 3.35. The van der Waals surface area contributed by atoms with Crippen LogP contribution in [0, 0.1) is 21.4 Å². The smallest absolute Gasteiger partial charge is 0.466 e. The van der Waals surface area contributed by atoms with Gasteiger partial charge in [0.15, 0.2) is 0 Å². The summed E-state index contributed by atoms with van der Waals surface area (Å²) >= 11 is 0. The molecule has 0 atom stereocenters. The van der Waals surface area contributed by atoms with Gasteiger partial charge >= 0.3 is 12.3 Å². The lowest BCUT2D eigenvalue weighted by Crippen LogP contribution is -2.19. The van der Waals surface area contributed by atoms with Gasteiger partial charge in [0.1, 0.15) is 17.4 Å². The minimum Gasteiger partial charge on any atom is -0.466 e. The molecule has 0 saturated carbocycles. The summed E-state index contributed by atoms with van der Waals surface area (Å²) in [6.07, 6.45) is -5.74. The Bertz CT molecular complexity index is 637. The third-order valence-electron chi connectivity index (χ3n) is 2.36. The molecule has 0 aromatic heterocycles. The molecule has 0 saturated heterocycles. The van der Waals surface area contributed by atoms with E-state index in [0.717, 1.165) is 0 Å². The van der Waals surface area contributed by atoms with Gasteiger partial charge in [-0.15, -0.1) is 13.2 Å². The van der Waals surface area contributed by atoms with Crippen LogP contribution in [0.15, 0.2) is 12.1 Å². The zero-order chi connectivity index (χ0) is 16.9. The van der Waals surface area contributed by atoms with E-state index in [-0.39, 0.29) is 6.61 Å². The third-order valence-corrected chi connectivity index (χ3v) is 2.36. The number of carbonyl (C=O) groups is 1. The number of nitro benzene ring substituents is 1. The predicted octanol–water partition coefficient (Wildman–Crippen LogP) is 2.47. The van der Waals surface area contributed by atoms with Crippen molar-refractivity contribution in [2.24, 2.45) is 0 Å². The number of ether oxygens (including phenoxy) is 2. The molecule has 0 amide bonds. The second-order valence-electron chi connectivity index (χ2n) is 3.88. The molecule has 0 aliphatic rings. The van der Waals surface area contributed by atoms with Gasteiger partial charge in [-0.05, 0) is 6.92 Å². The molecule has 0 aliphatic heterocycles. The average Bonchev–Trinajstić information content (AvgIpc) is 2.38. The van der Waals surface area contributed by atoms with Gasteiger partial charge in [0.05, 0.1) is 18.0 Å². The first-order valence-corrected chi connectivity index (χ1v) is 5.80. The van der Waals surface area contributed by atoms with Crippen LogP contribution in [0.1, 0.15) is 18.1 Å². The lowest BCUT2D eigenvalue weighted by molar-refractivity contribution is -0.385. The summed E-state index contributed by atoms with van der Waals surface area (Å²) in [4.78, 5) is 21.2. The highest BCUT2D eigenvalue weighted by Crippen LogP contribution is 2.32. The Hall–Kier alpha value is -2.83. The summed E-state index contributed by atoms with van der Waals surface area (Å²) < 4.78 is 45.3. The van der Waals surface area contributed by atoms with Crippen LogP contribution >= 0.6 is 0 Å². The summed E-state index contributed by atoms with van der Waals surface area (Å²) in [6.45, 7) is 1.49. The van der Waals surface area contributed by atoms with E-state index >= 15 is 0 Å². The van der Waals surface area contributed by atoms with Gasteiger partial charge in [0, 0.05) is 17.7 Å². The number of nitro groups is 1. The van der Waals surface area contributed by atoms with Gasteiger partial charge in [0.2, 0.25) is 0 Å². The van der Waals surface area contributed by atoms with E-state index in [1.807, 2.05) is 0 Å². The van der Waals surface area contributed by atoms with Gasteiger partial charge in [-0.2, -0.15) is 5.26 Å². The highest BCUT2D eigenvalue weighted by molar-refractivity contribution is 5.74. The topological polar surface area (TPSA) is 102 Å². The van der Waals surface area contributed by atoms with E-state index in [1.54, 1.807) is 0 Å². The van der Waals surface area contributed by atoms with E-state index in [4.69, 9.17) is 5.26 Å². The molecular formula is C12H9F3N2O5. The average molecular weight is 318 g/mol. The molecule has 10 heteroatoms. The number of benzene rings is 1. The van der Waals surface area contributed by atoms with Crippen molar-refractivity contribution >= 4 is 11.7 Å². The number of hydrogen-bond acceptors (Lipinski definition) is 6. The predicted molar refractivity (Wildman–Crippen MR) is 64.8 cm³/mol. The van der Waals surface area contributed by atoms with Gasteiger partial charge < -0.3 is 9.47 Å². The molecule has 22 heavy (non-hydrogen) atoms. The monoisotopic (exact) mass is 318 g/mol. The van der Waals surface area contributed by atoms with Crippen molar-refractivity contribution < 1.29 is 32.4 Å². The molecule has 0 bridgehead atoms. The fraction of sp³-hybridized carbons (Fsp3) is 0.333. The number of halogens is 3. The fourth-order valence-corrected chi connectivity index (χ4v) is 1.58. The quantitative estimate of drug-likeness (QED) is 0.469. The van der Waals surface area contributed by atoms with Crippen LogP contribution in [-0.4, -0.2) is 23.9 Å². The number of nitrogens with zero attached hydrogens (tertiary/aromatic N) is 2. The summed E-state index contributed by atoms with van der Waals surface area (Å²) in [7, 11) is 0. The summed E-state index contributed by atoms with van der Waals surface area (Å²) in [5, 5.41) is 19.6. The van der Waals surface area contributed by atoms with Crippen LogP contribution < -0.4 is 4.74 Å². The Morgan fingerprint density at radius 1 is 1.45 bits per heavy atom. The molecule has 0 heterocycles. The second-order valence-corrected chi connectivity index (χ2v) is 3.88. The molecule has 1 aromatic rings. The summed E-state index contributed by atoms with van der Waals surface area (Å²) in [5.41, 5.74) is -1.74. The van der Waals surface area contributed by atoms with Crippen molar-refractivity contribution in [3.05, 3.63) is 33.4 Å². The first kappa shape index (κ1) is 17.2. The summed E-state index contributed by atoms with van der Waals surface area (Å²) in [5.74, 6) is -1.74. The lowest BCUT2D eigenvalue weighted by Gasteiger charge is -2.13. The van der Waals surface area contributed by atoms with E-state index < -0.39 is 46.2 Å². The van der Waals surface area contributed by atoms with E-state index in [9.17, 15) is 28.1 Å². The number of hydrogen-bond donors (Lipinski definition) is 0. The minimum absolute atomic E-state index is 0.00727. The van der Waals surface area contributed by atoms with Crippen LogP contribution in [-0.2, 0) is 16.0 Å². The molecule has 0 spiro atoms. The van der Waals surface area contributed by atoms with E-state index in [1.165, 1.54) is 13.0 Å². The van der Waals surface area contributed by atoms with Crippen LogP contribution in [0.4, 0.5) is 18.9 Å². The molecule has 0 fully saturated rings. The zero-order valence-electron chi connectivity index (χ0n) is 11.1.